The number of anilines is 1. The fourth-order valence-electron chi connectivity index (χ4n) is 2.28. The monoisotopic (exact) mass is 333 g/mol. The maximum atomic E-state index is 12.1. The number of carbonyl (C=O) groups is 1. The molecular formula is C17H23N3O2S. The van der Waals surface area contributed by atoms with Crippen LogP contribution in [0.4, 0.5) is 5.13 Å². The van der Waals surface area contributed by atoms with Gasteiger partial charge < -0.3 is 15.8 Å². The van der Waals surface area contributed by atoms with Crippen LogP contribution in [0.2, 0.25) is 0 Å². The van der Waals surface area contributed by atoms with Gasteiger partial charge in [0.15, 0.2) is 5.13 Å². The molecular weight excluding hydrogens is 310 g/mol. The van der Waals surface area contributed by atoms with Crippen LogP contribution in [0.1, 0.15) is 25.1 Å². The van der Waals surface area contributed by atoms with Gasteiger partial charge in [0.05, 0.1) is 18.8 Å². The third kappa shape index (κ3) is 4.53. The lowest BCUT2D eigenvalue weighted by molar-refractivity contribution is -0.117. The van der Waals surface area contributed by atoms with Crippen molar-refractivity contribution in [2.45, 2.75) is 33.2 Å². The van der Waals surface area contributed by atoms with Gasteiger partial charge in [-0.05, 0) is 43.5 Å². The van der Waals surface area contributed by atoms with E-state index in [1.54, 1.807) is 7.11 Å². The molecule has 1 heterocycles. The molecule has 6 heteroatoms. The Morgan fingerprint density at radius 1 is 1.35 bits per heavy atom. The van der Waals surface area contributed by atoms with Crippen LogP contribution in [-0.2, 0) is 4.79 Å². The summed E-state index contributed by atoms with van der Waals surface area (Å²) in [6, 6.07) is 7.19. The zero-order chi connectivity index (χ0) is 17.0. The molecule has 1 aromatic carbocycles. The van der Waals surface area contributed by atoms with Crippen LogP contribution in [0.5, 0.6) is 5.75 Å². The predicted octanol–water partition coefficient (Wildman–Crippen LogP) is 3.44. The van der Waals surface area contributed by atoms with Crippen LogP contribution >= 0.6 is 11.3 Å². The fraction of sp³-hybridized carbons (Fsp3) is 0.412. The van der Waals surface area contributed by atoms with Gasteiger partial charge in [-0.3, -0.25) is 4.79 Å². The first kappa shape index (κ1) is 17.4. The number of hydrogen-bond acceptors (Lipinski definition) is 5. The number of carbonyl (C=O) groups excluding carboxylic acids is 1. The zero-order valence-corrected chi connectivity index (χ0v) is 14.7. The number of nitrogens with one attached hydrogen (secondary N) is 1. The van der Waals surface area contributed by atoms with Gasteiger partial charge in [0.1, 0.15) is 5.75 Å². The quantitative estimate of drug-likeness (QED) is 0.849. The molecule has 0 saturated carbocycles. The SMILES string of the molecule is COc1ccc(-c2nc(NC(=O)[C@@H](N)CC(C)C)sc2C)cc1. The molecule has 0 radical (unpaired) electrons. The number of hydrogen-bond donors (Lipinski definition) is 2. The largest absolute Gasteiger partial charge is 0.497 e. The van der Waals surface area contributed by atoms with Crippen LogP contribution in [0.15, 0.2) is 24.3 Å². The van der Waals surface area contributed by atoms with Gasteiger partial charge in [0, 0.05) is 10.4 Å². The summed E-state index contributed by atoms with van der Waals surface area (Å²) in [5.74, 6) is 0.993. The van der Waals surface area contributed by atoms with E-state index in [4.69, 9.17) is 10.5 Å². The predicted molar refractivity (Wildman–Crippen MR) is 94.9 cm³/mol. The molecule has 2 aromatic rings. The Kier molecular flexibility index (Phi) is 5.74. The third-order valence-electron chi connectivity index (χ3n) is 3.45. The Morgan fingerprint density at radius 3 is 2.57 bits per heavy atom. The number of methoxy groups -OCH3 is 1. The molecule has 0 bridgehead atoms. The van der Waals surface area contributed by atoms with E-state index in [1.165, 1.54) is 11.3 Å². The van der Waals surface area contributed by atoms with Crippen LogP contribution in [0.3, 0.4) is 0 Å². The molecule has 0 fully saturated rings. The molecule has 1 amide bonds. The van der Waals surface area contributed by atoms with Crippen LogP contribution < -0.4 is 15.8 Å². The molecule has 0 spiro atoms. The van der Waals surface area contributed by atoms with Crippen molar-refractivity contribution in [2.24, 2.45) is 11.7 Å². The number of aryl methyl sites for hydroxylation is 1. The van der Waals surface area contributed by atoms with E-state index in [9.17, 15) is 4.79 Å². The molecule has 23 heavy (non-hydrogen) atoms. The van der Waals surface area contributed by atoms with E-state index in [-0.39, 0.29) is 5.91 Å². The van der Waals surface area contributed by atoms with Crippen molar-refractivity contribution in [1.82, 2.24) is 4.98 Å². The van der Waals surface area contributed by atoms with E-state index in [0.29, 0.717) is 17.5 Å². The van der Waals surface area contributed by atoms with Gasteiger partial charge in [-0.15, -0.1) is 11.3 Å². The van der Waals surface area contributed by atoms with E-state index in [0.717, 1.165) is 21.9 Å². The van der Waals surface area contributed by atoms with Crippen LogP contribution in [-0.4, -0.2) is 24.0 Å². The second-order valence-electron chi connectivity index (χ2n) is 5.88. The number of thiazole rings is 1. The van der Waals surface area contributed by atoms with Crippen molar-refractivity contribution >= 4 is 22.4 Å². The molecule has 0 aliphatic rings. The third-order valence-corrected chi connectivity index (χ3v) is 4.34. The first-order valence-electron chi connectivity index (χ1n) is 7.59. The normalized spacial score (nSPS) is 12.3. The molecule has 1 aromatic heterocycles. The van der Waals surface area contributed by atoms with E-state index >= 15 is 0 Å². The summed E-state index contributed by atoms with van der Waals surface area (Å²) in [5.41, 5.74) is 7.76. The number of amides is 1. The van der Waals surface area contributed by atoms with Crippen molar-refractivity contribution in [3.8, 4) is 17.0 Å². The van der Waals surface area contributed by atoms with E-state index in [2.05, 4.69) is 10.3 Å². The standard InChI is InChI=1S/C17H23N3O2S/c1-10(2)9-14(18)16(21)20-17-19-15(11(3)23-17)12-5-7-13(22-4)8-6-12/h5-8,10,14H,9,18H2,1-4H3,(H,19,20,21)/t14-/m0/s1. The molecule has 124 valence electrons. The van der Waals surface area contributed by atoms with Crippen molar-refractivity contribution < 1.29 is 9.53 Å². The molecule has 0 aliphatic carbocycles. The molecule has 0 saturated heterocycles. The van der Waals surface area contributed by atoms with Crippen molar-refractivity contribution in [1.29, 1.82) is 0 Å². The van der Waals surface area contributed by atoms with Gasteiger partial charge in [-0.1, -0.05) is 13.8 Å². The van der Waals surface area contributed by atoms with Crippen molar-refractivity contribution in [2.75, 3.05) is 12.4 Å². The van der Waals surface area contributed by atoms with E-state index in [1.807, 2.05) is 45.0 Å². The summed E-state index contributed by atoms with van der Waals surface area (Å²) in [5, 5.41) is 3.40. The second-order valence-corrected chi connectivity index (χ2v) is 7.08. The van der Waals surface area contributed by atoms with Gasteiger partial charge in [-0.25, -0.2) is 4.98 Å². The highest BCUT2D eigenvalue weighted by atomic mass is 32.1. The summed E-state index contributed by atoms with van der Waals surface area (Å²) in [6.45, 7) is 6.08. The van der Waals surface area contributed by atoms with Crippen molar-refractivity contribution in [3.05, 3.63) is 29.1 Å². The summed E-state index contributed by atoms with van der Waals surface area (Å²) >= 11 is 1.45. The minimum absolute atomic E-state index is 0.186. The minimum atomic E-state index is -0.511. The molecule has 1 atom stereocenters. The Morgan fingerprint density at radius 2 is 2.00 bits per heavy atom. The smallest absolute Gasteiger partial charge is 0.243 e. The highest BCUT2D eigenvalue weighted by molar-refractivity contribution is 7.16. The topological polar surface area (TPSA) is 77.2 Å². The summed E-state index contributed by atoms with van der Waals surface area (Å²) < 4.78 is 5.16. The summed E-state index contributed by atoms with van der Waals surface area (Å²) in [6.07, 6.45) is 0.654. The highest BCUT2D eigenvalue weighted by Gasteiger charge is 2.18. The van der Waals surface area contributed by atoms with Crippen LogP contribution in [0, 0.1) is 12.8 Å². The Bertz CT molecular complexity index is 665. The summed E-state index contributed by atoms with van der Waals surface area (Å²) in [4.78, 5) is 17.7. The number of benzene rings is 1. The maximum absolute atomic E-state index is 12.1. The molecule has 0 aliphatic heterocycles. The second kappa shape index (κ2) is 7.57. The number of ether oxygens (including phenoxy) is 1. The fourth-order valence-corrected chi connectivity index (χ4v) is 3.12. The Hall–Kier alpha value is -1.92. The molecule has 2 rings (SSSR count). The van der Waals surface area contributed by atoms with Gasteiger partial charge in [0.2, 0.25) is 5.91 Å². The van der Waals surface area contributed by atoms with E-state index < -0.39 is 6.04 Å². The average Bonchev–Trinajstić information content (AvgIpc) is 2.87. The van der Waals surface area contributed by atoms with Gasteiger partial charge in [-0.2, -0.15) is 0 Å². The first-order valence-corrected chi connectivity index (χ1v) is 8.40. The average molecular weight is 333 g/mol. The van der Waals surface area contributed by atoms with Crippen LogP contribution in [0.25, 0.3) is 11.3 Å². The molecule has 0 unspecified atom stereocenters. The Balaban J connectivity index is 2.12. The van der Waals surface area contributed by atoms with Gasteiger partial charge >= 0.3 is 0 Å². The number of nitrogens with zero attached hydrogens (tertiary/aromatic N) is 1. The minimum Gasteiger partial charge on any atom is -0.497 e. The lowest BCUT2D eigenvalue weighted by Crippen LogP contribution is -2.36. The highest BCUT2D eigenvalue weighted by Crippen LogP contribution is 2.31. The Labute approximate surface area is 140 Å². The maximum Gasteiger partial charge on any atom is 0.243 e. The van der Waals surface area contributed by atoms with Gasteiger partial charge in [0.25, 0.3) is 0 Å². The van der Waals surface area contributed by atoms with Crippen molar-refractivity contribution in [3.63, 3.8) is 0 Å². The lowest BCUT2D eigenvalue weighted by atomic mass is 10.0. The first-order chi connectivity index (χ1) is 10.9. The molecule has 3 N–H and O–H groups in total. The number of aromatic nitrogens is 1. The number of rotatable bonds is 6. The summed E-state index contributed by atoms with van der Waals surface area (Å²) in [7, 11) is 1.64. The lowest BCUT2D eigenvalue weighted by Gasteiger charge is -2.12. The number of nitrogens with two attached hydrogens (primary N) is 1. The molecule has 5 nitrogen and oxygen atoms in total. The zero-order valence-electron chi connectivity index (χ0n) is 13.9.